The Kier molecular flexibility index (Phi) is 6.91. The molecule has 0 aliphatic carbocycles. The van der Waals surface area contributed by atoms with Gasteiger partial charge < -0.3 is 20.2 Å². The third kappa shape index (κ3) is 5.09. The Bertz CT molecular complexity index is 1320. The Balaban J connectivity index is 1.74. The molecule has 172 valence electrons. The van der Waals surface area contributed by atoms with Crippen molar-refractivity contribution < 1.29 is 23.5 Å². The molecule has 0 radical (unpaired) electrons. The van der Waals surface area contributed by atoms with Crippen LogP contribution in [0.1, 0.15) is 50.2 Å². The molecule has 33 heavy (non-hydrogen) atoms. The van der Waals surface area contributed by atoms with Crippen molar-refractivity contribution >= 4 is 29.2 Å². The summed E-state index contributed by atoms with van der Waals surface area (Å²) in [7, 11) is 0. The second-order valence-corrected chi connectivity index (χ2v) is 7.13. The van der Waals surface area contributed by atoms with Crippen molar-refractivity contribution in [2.24, 2.45) is 0 Å². The fourth-order valence-corrected chi connectivity index (χ4v) is 3.06. The molecule has 0 saturated heterocycles. The minimum atomic E-state index is -0.954. The number of amides is 1. The molecule has 4 N–H and O–H groups in total. The second kappa shape index (κ2) is 9.81. The minimum absolute atomic E-state index is 0.0704. The Labute approximate surface area is 187 Å². The number of nitrogen functional groups attached to an aromatic ring is 1. The number of ketones is 1. The summed E-state index contributed by atoms with van der Waals surface area (Å²) in [6.07, 6.45) is 1.91. The number of hydrogen-bond donors (Lipinski definition) is 3. The number of hydrogen-bond acceptors (Lipinski definition) is 8. The number of nitrogens with zero attached hydrogens (tertiary/aromatic N) is 1. The first-order valence-corrected chi connectivity index (χ1v) is 10.0. The number of carbonyl (C=O) groups excluding carboxylic acids is 3. The molecule has 0 aliphatic rings. The zero-order chi connectivity index (χ0) is 24.1. The van der Waals surface area contributed by atoms with Crippen LogP contribution in [0.2, 0.25) is 0 Å². The Morgan fingerprint density at radius 2 is 1.97 bits per heavy atom. The summed E-state index contributed by atoms with van der Waals surface area (Å²) in [5.41, 5.74) is 4.82. The fraction of sp³-hybridized carbons (Fsp3) is 0.227. The molecule has 0 unspecified atom stereocenters. The monoisotopic (exact) mass is 454 g/mol. The lowest BCUT2D eigenvalue weighted by Gasteiger charge is -2.12. The van der Waals surface area contributed by atoms with Gasteiger partial charge in [-0.1, -0.05) is 13.0 Å². The third-order valence-electron chi connectivity index (χ3n) is 4.77. The van der Waals surface area contributed by atoms with Crippen molar-refractivity contribution in [3.8, 4) is 0 Å². The van der Waals surface area contributed by atoms with E-state index in [0.717, 1.165) is 4.57 Å². The van der Waals surface area contributed by atoms with E-state index in [1.807, 2.05) is 4.98 Å². The van der Waals surface area contributed by atoms with E-state index in [1.54, 1.807) is 26.0 Å². The van der Waals surface area contributed by atoms with Gasteiger partial charge in [-0.3, -0.25) is 23.9 Å². The van der Waals surface area contributed by atoms with Crippen LogP contribution in [0.5, 0.6) is 0 Å². The molecule has 0 bridgehead atoms. The predicted molar refractivity (Wildman–Crippen MR) is 118 cm³/mol. The Morgan fingerprint density at radius 1 is 1.21 bits per heavy atom. The largest absolute Gasteiger partial charge is 0.459 e. The lowest BCUT2D eigenvalue weighted by atomic mass is 10.1. The molecule has 11 heteroatoms. The number of aromatic nitrogens is 2. The summed E-state index contributed by atoms with van der Waals surface area (Å²) >= 11 is 0. The number of Topliss-reactive ketones (excluding diaryl/α,β-unsaturated/α-hetero) is 1. The van der Waals surface area contributed by atoms with Crippen LogP contribution in [-0.4, -0.2) is 33.8 Å². The molecule has 3 aromatic rings. The van der Waals surface area contributed by atoms with Crippen molar-refractivity contribution in [2.75, 3.05) is 17.7 Å². The van der Waals surface area contributed by atoms with Crippen LogP contribution in [0.25, 0.3) is 0 Å². The van der Waals surface area contributed by atoms with Crippen molar-refractivity contribution in [3.63, 3.8) is 0 Å². The van der Waals surface area contributed by atoms with Gasteiger partial charge in [-0.05, 0) is 43.2 Å². The summed E-state index contributed by atoms with van der Waals surface area (Å²) in [6, 6.07) is 7.52. The maximum atomic E-state index is 12.5. The fourth-order valence-electron chi connectivity index (χ4n) is 3.06. The first-order valence-electron chi connectivity index (χ1n) is 10.0. The van der Waals surface area contributed by atoms with Gasteiger partial charge in [0.05, 0.1) is 11.8 Å². The predicted octanol–water partition coefficient (Wildman–Crippen LogP) is 1.72. The first kappa shape index (κ1) is 23.3. The SMILES string of the molecule is CCCn1c(N)c(C(=O)COC(=O)c2ccc(C)c(NC(=O)c3ccco3)c2)c(=O)[nH]c1=O. The Hall–Kier alpha value is -4.41. The van der Waals surface area contributed by atoms with Crippen molar-refractivity contribution in [2.45, 2.75) is 26.8 Å². The van der Waals surface area contributed by atoms with Crippen molar-refractivity contribution in [1.29, 1.82) is 0 Å². The molecular weight excluding hydrogens is 432 g/mol. The van der Waals surface area contributed by atoms with Crippen LogP contribution in [-0.2, 0) is 11.3 Å². The maximum Gasteiger partial charge on any atom is 0.338 e. The lowest BCUT2D eigenvalue weighted by molar-refractivity contribution is 0.0474. The average molecular weight is 454 g/mol. The second-order valence-electron chi connectivity index (χ2n) is 7.13. The van der Waals surface area contributed by atoms with Gasteiger partial charge in [0, 0.05) is 12.2 Å². The number of aromatic amines is 1. The van der Waals surface area contributed by atoms with Gasteiger partial charge in [-0.2, -0.15) is 0 Å². The van der Waals surface area contributed by atoms with Crippen LogP contribution in [0.4, 0.5) is 11.5 Å². The quantitative estimate of drug-likeness (QED) is 0.342. The van der Waals surface area contributed by atoms with E-state index in [4.69, 9.17) is 14.9 Å². The van der Waals surface area contributed by atoms with Crippen LogP contribution < -0.4 is 22.3 Å². The van der Waals surface area contributed by atoms with E-state index in [0.29, 0.717) is 17.7 Å². The number of ether oxygens (including phenoxy) is 1. The zero-order valence-electron chi connectivity index (χ0n) is 18.0. The molecule has 11 nitrogen and oxygen atoms in total. The highest BCUT2D eigenvalue weighted by molar-refractivity contribution is 6.04. The summed E-state index contributed by atoms with van der Waals surface area (Å²) in [5.74, 6) is -2.40. The number of nitrogens with one attached hydrogen (secondary N) is 2. The van der Waals surface area contributed by atoms with Crippen LogP contribution in [0.15, 0.2) is 50.6 Å². The smallest absolute Gasteiger partial charge is 0.338 e. The minimum Gasteiger partial charge on any atom is -0.459 e. The zero-order valence-corrected chi connectivity index (χ0v) is 18.0. The molecule has 0 saturated carbocycles. The van der Waals surface area contributed by atoms with Gasteiger partial charge in [0.25, 0.3) is 11.5 Å². The molecule has 1 amide bonds. The molecule has 1 aromatic carbocycles. The van der Waals surface area contributed by atoms with Gasteiger partial charge in [-0.25, -0.2) is 9.59 Å². The van der Waals surface area contributed by atoms with Crippen molar-refractivity contribution in [1.82, 2.24) is 9.55 Å². The molecule has 0 spiro atoms. The number of nitrogens with two attached hydrogens (primary N) is 1. The summed E-state index contributed by atoms with van der Waals surface area (Å²) in [6.45, 7) is 2.97. The molecule has 2 heterocycles. The highest BCUT2D eigenvalue weighted by Crippen LogP contribution is 2.19. The molecule has 3 rings (SSSR count). The highest BCUT2D eigenvalue weighted by Gasteiger charge is 2.21. The van der Waals surface area contributed by atoms with E-state index in [1.165, 1.54) is 24.5 Å². The third-order valence-corrected chi connectivity index (χ3v) is 4.77. The van der Waals surface area contributed by atoms with Crippen LogP contribution >= 0.6 is 0 Å². The Morgan fingerprint density at radius 3 is 2.64 bits per heavy atom. The maximum absolute atomic E-state index is 12.5. The van der Waals surface area contributed by atoms with Gasteiger partial charge in [0.2, 0.25) is 5.78 Å². The van der Waals surface area contributed by atoms with Crippen LogP contribution in [0, 0.1) is 6.92 Å². The van der Waals surface area contributed by atoms with E-state index < -0.39 is 41.1 Å². The number of anilines is 2. The molecular formula is C22H22N4O7. The topological polar surface area (TPSA) is 166 Å². The molecule has 2 aromatic heterocycles. The number of aryl methyl sites for hydroxylation is 1. The van der Waals surface area contributed by atoms with Gasteiger partial charge in [-0.15, -0.1) is 0 Å². The van der Waals surface area contributed by atoms with E-state index >= 15 is 0 Å². The molecule has 0 fully saturated rings. The highest BCUT2D eigenvalue weighted by atomic mass is 16.5. The van der Waals surface area contributed by atoms with Gasteiger partial charge >= 0.3 is 11.7 Å². The summed E-state index contributed by atoms with van der Waals surface area (Å²) in [5, 5.41) is 2.64. The number of esters is 1. The summed E-state index contributed by atoms with van der Waals surface area (Å²) in [4.78, 5) is 63.2. The molecule has 0 aliphatic heterocycles. The summed E-state index contributed by atoms with van der Waals surface area (Å²) < 4.78 is 11.2. The van der Waals surface area contributed by atoms with E-state index in [9.17, 15) is 24.0 Å². The van der Waals surface area contributed by atoms with E-state index in [2.05, 4.69) is 5.32 Å². The number of benzene rings is 1. The number of H-pyrrole nitrogens is 1. The number of carbonyl (C=O) groups is 3. The molecule has 0 atom stereocenters. The van der Waals surface area contributed by atoms with Crippen LogP contribution in [0.3, 0.4) is 0 Å². The normalized spacial score (nSPS) is 10.6. The van der Waals surface area contributed by atoms with Gasteiger partial charge in [0.15, 0.2) is 12.4 Å². The lowest BCUT2D eigenvalue weighted by Crippen LogP contribution is -2.37. The van der Waals surface area contributed by atoms with Gasteiger partial charge in [0.1, 0.15) is 11.4 Å². The average Bonchev–Trinajstić information content (AvgIpc) is 3.31. The van der Waals surface area contributed by atoms with E-state index in [-0.39, 0.29) is 23.7 Å². The number of furan rings is 1. The van der Waals surface area contributed by atoms with Crippen molar-refractivity contribution in [3.05, 3.63) is 79.9 Å². The first-order chi connectivity index (χ1) is 15.7. The standard InChI is InChI=1S/C22H22N4O7/c1-3-8-26-18(23)17(20(29)25-22(26)31)15(27)11-33-21(30)13-7-6-12(2)14(10-13)24-19(28)16-5-4-9-32-16/h4-7,9-10H,3,8,11,23H2,1-2H3,(H,24,28)(H,25,29,31). The number of rotatable bonds is 8.